The molecule has 1 aromatic rings. The van der Waals surface area contributed by atoms with Crippen LogP contribution in [0.5, 0.6) is 0 Å². The molecule has 1 aromatic carbocycles. The molecule has 0 aromatic heterocycles. The highest BCUT2D eigenvalue weighted by atomic mass is 16.5. The quantitative estimate of drug-likeness (QED) is 0.267. The van der Waals surface area contributed by atoms with Gasteiger partial charge in [0.1, 0.15) is 42.9 Å². The van der Waals surface area contributed by atoms with Crippen molar-refractivity contribution >= 4 is 47.2 Å². The Labute approximate surface area is 305 Å². The highest BCUT2D eigenvalue weighted by molar-refractivity contribution is 5.98. The zero-order valence-electron chi connectivity index (χ0n) is 31.1. The summed E-state index contributed by atoms with van der Waals surface area (Å²) in [6.45, 7) is 10.5. The Morgan fingerprint density at radius 1 is 0.981 bits per heavy atom. The average Bonchev–Trinajstić information content (AvgIpc) is 3.77. The molecule has 4 rings (SSSR count). The Hall–Kier alpha value is -4.82. The van der Waals surface area contributed by atoms with Gasteiger partial charge in [0.2, 0.25) is 29.5 Å². The number of fused-ring (bicyclic) bond motifs is 2. The van der Waals surface area contributed by atoms with E-state index in [0.717, 1.165) is 5.56 Å². The lowest BCUT2D eigenvalue weighted by molar-refractivity contribution is -0.158. The molecule has 0 radical (unpaired) electrons. The predicted octanol–water partition coefficient (Wildman–Crippen LogP) is 1.58. The third-order valence-corrected chi connectivity index (χ3v) is 9.92. The third kappa shape index (κ3) is 9.73. The molecule has 7 unspecified atom stereocenters. The lowest BCUT2D eigenvalue weighted by atomic mass is 10.0. The molecule has 15 heteroatoms. The van der Waals surface area contributed by atoms with Crippen molar-refractivity contribution in [3.63, 3.8) is 0 Å². The minimum Gasteiger partial charge on any atom is -0.461 e. The molecule has 3 aliphatic heterocycles. The van der Waals surface area contributed by atoms with E-state index < -0.39 is 84.4 Å². The second-order valence-electron chi connectivity index (χ2n) is 14.1. The highest BCUT2D eigenvalue weighted by Crippen LogP contribution is 2.26. The number of esters is 1. The van der Waals surface area contributed by atoms with Crippen LogP contribution >= 0.6 is 0 Å². The molecule has 0 bridgehead atoms. The second-order valence-corrected chi connectivity index (χ2v) is 14.1. The maximum absolute atomic E-state index is 14.4. The van der Waals surface area contributed by atoms with Gasteiger partial charge < -0.3 is 35.4 Å². The van der Waals surface area contributed by atoms with Gasteiger partial charge in [0.05, 0.1) is 0 Å². The van der Waals surface area contributed by atoms with Crippen LogP contribution in [0.15, 0.2) is 35.3 Å². The first-order chi connectivity index (χ1) is 24.7. The van der Waals surface area contributed by atoms with Crippen LogP contribution in [0.1, 0.15) is 79.2 Å². The summed E-state index contributed by atoms with van der Waals surface area (Å²) >= 11 is 0. The van der Waals surface area contributed by atoms with Crippen molar-refractivity contribution in [3.05, 3.63) is 35.9 Å². The molecule has 52 heavy (non-hydrogen) atoms. The van der Waals surface area contributed by atoms with Crippen molar-refractivity contribution in [1.29, 1.82) is 0 Å². The van der Waals surface area contributed by atoms with Gasteiger partial charge in [0.25, 0.3) is 0 Å². The Morgan fingerprint density at radius 2 is 1.69 bits per heavy atom. The summed E-state index contributed by atoms with van der Waals surface area (Å²) in [4.78, 5) is 104. The smallest absolute Gasteiger partial charge is 0.341 e. The van der Waals surface area contributed by atoms with Crippen molar-refractivity contribution in [3.8, 4) is 0 Å². The first kappa shape index (κ1) is 40.0. The number of ether oxygens (including phenoxy) is 1. The van der Waals surface area contributed by atoms with E-state index in [1.165, 1.54) is 21.6 Å². The SMILES string of the molecule is CCCN1C(=O)C2CCCN2C(=O)C(NC(=O)C(Cc2ccccc2)NC(=O)N=C(C)CC)COC(=O)C2CC(C)CN2C(=O)C(C)NC(=O)C1C. The number of amides is 7. The van der Waals surface area contributed by atoms with Crippen LogP contribution in [-0.4, -0.2) is 124 Å². The van der Waals surface area contributed by atoms with E-state index in [1.807, 2.05) is 26.8 Å². The van der Waals surface area contributed by atoms with Crippen molar-refractivity contribution in [2.45, 2.75) is 116 Å². The highest BCUT2D eigenvalue weighted by Gasteiger charge is 2.45. The van der Waals surface area contributed by atoms with Crippen molar-refractivity contribution in [2.24, 2.45) is 10.9 Å². The number of aliphatic imine (C=N–C) groups is 1. The van der Waals surface area contributed by atoms with E-state index in [9.17, 15) is 33.6 Å². The molecule has 0 saturated carbocycles. The number of carbonyl (C=O) groups is 7. The molecule has 7 amide bonds. The summed E-state index contributed by atoms with van der Waals surface area (Å²) in [5.74, 6) is -3.62. The van der Waals surface area contributed by atoms with Gasteiger partial charge >= 0.3 is 12.0 Å². The maximum atomic E-state index is 14.4. The molecular formula is C37H53N7O8. The van der Waals surface area contributed by atoms with E-state index in [4.69, 9.17) is 4.74 Å². The van der Waals surface area contributed by atoms with Crippen LogP contribution in [-0.2, 0) is 39.9 Å². The molecule has 3 aliphatic rings. The lowest BCUT2D eigenvalue weighted by Gasteiger charge is -2.36. The number of benzene rings is 1. The molecule has 0 spiro atoms. The molecule has 284 valence electrons. The Kier molecular flexibility index (Phi) is 13.9. The molecular weight excluding hydrogens is 670 g/mol. The predicted molar refractivity (Wildman–Crippen MR) is 192 cm³/mol. The maximum Gasteiger partial charge on any atom is 0.341 e. The standard InChI is InChI=1S/C37H53N7O8/c1-7-16-42-25(6)31(45)39-24(5)33(47)44-20-22(3)18-30(44)36(50)52-21-28(34(48)43-17-12-15-29(43)35(42)49)40-32(46)27(19-26-13-10-9-11-14-26)41-37(51)38-23(4)8-2/h9-11,13-14,22,24-25,27-30H,7-8,12,15-21H2,1-6H3,(H,39,45)(H,40,46)(H,41,51). The molecule has 15 nitrogen and oxygen atoms in total. The number of nitrogens with zero attached hydrogens (tertiary/aromatic N) is 4. The summed E-state index contributed by atoms with van der Waals surface area (Å²) in [6, 6.07) is 1.85. The van der Waals surface area contributed by atoms with Crippen LogP contribution in [0.2, 0.25) is 0 Å². The van der Waals surface area contributed by atoms with Gasteiger partial charge in [-0.3, -0.25) is 24.0 Å². The fraction of sp³-hybridized carbons (Fsp3) is 0.622. The summed E-state index contributed by atoms with van der Waals surface area (Å²) in [7, 11) is 0. The largest absolute Gasteiger partial charge is 0.461 e. The Morgan fingerprint density at radius 3 is 2.37 bits per heavy atom. The van der Waals surface area contributed by atoms with Gasteiger partial charge in [0, 0.05) is 31.8 Å². The minimum absolute atomic E-state index is 0.0491. The zero-order valence-corrected chi connectivity index (χ0v) is 31.1. The number of hydrogen-bond acceptors (Lipinski definition) is 8. The lowest BCUT2D eigenvalue weighted by Crippen LogP contribution is -2.61. The monoisotopic (exact) mass is 723 g/mol. The number of cyclic esters (lactones) is 1. The van der Waals surface area contributed by atoms with Crippen LogP contribution in [0.4, 0.5) is 4.79 Å². The van der Waals surface area contributed by atoms with Gasteiger partial charge in [-0.1, -0.05) is 51.1 Å². The van der Waals surface area contributed by atoms with Crippen molar-refractivity contribution in [2.75, 3.05) is 26.2 Å². The number of hydrogen-bond donors (Lipinski definition) is 3. The van der Waals surface area contributed by atoms with E-state index >= 15 is 0 Å². The van der Waals surface area contributed by atoms with Crippen LogP contribution in [0.25, 0.3) is 0 Å². The second kappa shape index (κ2) is 18.1. The van der Waals surface area contributed by atoms with Gasteiger partial charge in [0.15, 0.2) is 0 Å². The molecule has 7 atom stereocenters. The minimum atomic E-state index is -1.43. The van der Waals surface area contributed by atoms with Gasteiger partial charge in [-0.05, 0) is 64.4 Å². The van der Waals surface area contributed by atoms with E-state index in [0.29, 0.717) is 37.8 Å². The molecule has 3 heterocycles. The van der Waals surface area contributed by atoms with E-state index in [2.05, 4.69) is 20.9 Å². The summed E-state index contributed by atoms with van der Waals surface area (Å²) in [5, 5.41) is 8.08. The number of carbonyl (C=O) groups excluding carboxylic acids is 7. The normalized spacial score (nSPS) is 27.1. The molecule has 3 fully saturated rings. The first-order valence-electron chi connectivity index (χ1n) is 18.3. The van der Waals surface area contributed by atoms with Gasteiger partial charge in [-0.2, -0.15) is 0 Å². The zero-order chi connectivity index (χ0) is 38.1. The van der Waals surface area contributed by atoms with Gasteiger partial charge in [-0.25, -0.2) is 14.6 Å². The molecule has 0 aliphatic carbocycles. The summed E-state index contributed by atoms with van der Waals surface area (Å²) in [6.07, 6.45) is 2.27. The van der Waals surface area contributed by atoms with E-state index in [1.54, 1.807) is 38.1 Å². The fourth-order valence-corrected chi connectivity index (χ4v) is 6.91. The number of rotatable bonds is 8. The first-order valence-corrected chi connectivity index (χ1v) is 18.3. The van der Waals surface area contributed by atoms with E-state index in [-0.39, 0.29) is 32.0 Å². The molecule has 3 saturated heterocycles. The number of urea groups is 1. The van der Waals surface area contributed by atoms with Crippen molar-refractivity contribution in [1.82, 2.24) is 30.7 Å². The molecule has 3 N–H and O–H groups in total. The van der Waals surface area contributed by atoms with Crippen LogP contribution in [0, 0.1) is 5.92 Å². The Bertz CT molecular complexity index is 1530. The summed E-state index contributed by atoms with van der Waals surface area (Å²) < 4.78 is 5.71. The summed E-state index contributed by atoms with van der Waals surface area (Å²) in [5.41, 5.74) is 1.30. The van der Waals surface area contributed by atoms with Crippen molar-refractivity contribution < 1.29 is 38.3 Å². The van der Waals surface area contributed by atoms with Gasteiger partial charge in [-0.15, -0.1) is 0 Å². The van der Waals surface area contributed by atoms with Crippen LogP contribution in [0.3, 0.4) is 0 Å². The van der Waals surface area contributed by atoms with Crippen LogP contribution < -0.4 is 16.0 Å². The topological polar surface area (TPSA) is 187 Å². The fourth-order valence-electron chi connectivity index (χ4n) is 6.91. The Balaban J connectivity index is 1.70. The number of nitrogens with one attached hydrogen (secondary N) is 3. The third-order valence-electron chi connectivity index (χ3n) is 9.92. The average molecular weight is 724 g/mol.